The van der Waals surface area contributed by atoms with E-state index >= 15 is 0 Å². The van der Waals surface area contributed by atoms with Crippen LogP contribution in [0.15, 0.2) is 36.4 Å². The molecule has 0 aromatic heterocycles. The van der Waals surface area contributed by atoms with Crippen LogP contribution >= 0.6 is 0 Å². The number of unbranched alkanes of at least 4 members (excludes halogenated alkanes) is 2. The van der Waals surface area contributed by atoms with Crippen LogP contribution in [-0.2, 0) is 14.4 Å². The zero-order chi connectivity index (χ0) is 30.2. The molecule has 2 rings (SSSR count). The fourth-order valence-electron chi connectivity index (χ4n) is 3.90. The fraction of sp³-hybridized carbons (Fsp3) is 0.393. The highest BCUT2D eigenvalue weighted by Gasteiger charge is 2.17. The van der Waals surface area contributed by atoms with Gasteiger partial charge in [-0.05, 0) is 60.7 Å². The molecular weight excluding hydrogens is 536 g/mol. The number of hydrogen-bond donors (Lipinski definition) is 4. The fourth-order valence-corrected chi connectivity index (χ4v) is 3.90. The zero-order valence-corrected chi connectivity index (χ0v) is 23.4. The van der Waals surface area contributed by atoms with E-state index < -0.39 is 10.8 Å². The van der Waals surface area contributed by atoms with Crippen LogP contribution in [0.4, 0.5) is 5.69 Å². The van der Waals surface area contributed by atoms with Gasteiger partial charge in [0.1, 0.15) is 0 Å². The molecule has 0 bridgehead atoms. The quantitative estimate of drug-likeness (QED) is 0.0553. The summed E-state index contributed by atoms with van der Waals surface area (Å²) in [5.74, 6) is 0.194. The number of rotatable bonds is 17. The maximum absolute atomic E-state index is 13.2. The molecule has 0 aliphatic rings. The van der Waals surface area contributed by atoms with Crippen molar-refractivity contribution in [3.63, 3.8) is 0 Å². The van der Waals surface area contributed by atoms with Gasteiger partial charge in [0.2, 0.25) is 17.6 Å². The number of carbonyl (C=O) groups is 3. The van der Waals surface area contributed by atoms with Crippen molar-refractivity contribution in [1.82, 2.24) is 16.1 Å². The number of benzene rings is 2. The summed E-state index contributed by atoms with van der Waals surface area (Å²) in [6, 6.07) is 9.06. The van der Waals surface area contributed by atoms with Crippen LogP contribution in [0.3, 0.4) is 0 Å². The van der Waals surface area contributed by atoms with Crippen LogP contribution in [-0.4, -0.2) is 62.3 Å². The number of ether oxygens (including phenoxy) is 3. The van der Waals surface area contributed by atoms with E-state index in [9.17, 15) is 24.5 Å². The Morgan fingerprint density at radius 1 is 0.854 bits per heavy atom. The number of nitrogens with zero attached hydrogens (tertiary/aromatic N) is 1. The van der Waals surface area contributed by atoms with Gasteiger partial charge >= 0.3 is 0 Å². The van der Waals surface area contributed by atoms with E-state index in [1.165, 1.54) is 51.1 Å². The molecule has 41 heavy (non-hydrogen) atoms. The molecule has 4 N–H and O–H groups in total. The number of non-ortho nitro benzene ring substituents is 1. The molecule has 2 aromatic rings. The summed E-state index contributed by atoms with van der Waals surface area (Å²) in [6.07, 6.45) is 4.44. The average molecular weight is 573 g/mol. The van der Waals surface area contributed by atoms with E-state index in [0.717, 1.165) is 0 Å². The van der Waals surface area contributed by atoms with Crippen LogP contribution in [0.2, 0.25) is 0 Å². The largest absolute Gasteiger partial charge is 0.493 e. The van der Waals surface area contributed by atoms with E-state index in [4.69, 9.17) is 19.4 Å². The van der Waals surface area contributed by atoms with Crippen molar-refractivity contribution in [2.45, 2.75) is 38.5 Å². The highest BCUT2D eigenvalue weighted by molar-refractivity contribution is 6.24. The highest BCUT2D eigenvalue weighted by Crippen LogP contribution is 2.39. The Labute approximate surface area is 238 Å². The second-order valence-electron chi connectivity index (χ2n) is 8.88. The predicted molar refractivity (Wildman–Crippen MR) is 151 cm³/mol. The van der Waals surface area contributed by atoms with Crippen LogP contribution in [0, 0.1) is 10.1 Å². The number of nitro groups is 1. The lowest BCUT2D eigenvalue weighted by molar-refractivity contribution is -0.384. The monoisotopic (exact) mass is 572 g/mol. The summed E-state index contributed by atoms with van der Waals surface area (Å²) in [5, 5.41) is 25.1. The molecule has 0 aliphatic heterocycles. The van der Waals surface area contributed by atoms with Crippen LogP contribution in [0.5, 0.6) is 17.2 Å². The first-order valence-electron chi connectivity index (χ1n) is 13.0. The Hall–Kier alpha value is -4.65. The minimum Gasteiger partial charge on any atom is -0.493 e. The number of methoxy groups -OCH3 is 3. The Morgan fingerprint density at radius 2 is 1.46 bits per heavy atom. The van der Waals surface area contributed by atoms with Gasteiger partial charge in [0.15, 0.2) is 11.5 Å². The summed E-state index contributed by atoms with van der Waals surface area (Å²) >= 11 is 0. The van der Waals surface area contributed by atoms with Gasteiger partial charge in [0.05, 0.1) is 26.3 Å². The van der Waals surface area contributed by atoms with E-state index in [-0.39, 0.29) is 29.5 Å². The molecule has 0 aliphatic carbocycles. The zero-order valence-electron chi connectivity index (χ0n) is 23.4. The number of hydroxylamine groups is 1. The van der Waals surface area contributed by atoms with Crippen molar-refractivity contribution in [1.29, 1.82) is 0 Å². The van der Waals surface area contributed by atoms with Crippen LogP contribution in [0.1, 0.15) is 49.7 Å². The summed E-state index contributed by atoms with van der Waals surface area (Å²) in [5.41, 5.74) is 2.79. The van der Waals surface area contributed by atoms with Crippen LogP contribution < -0.4 is 30.3 Å². The lowest BCUT2D eigenvalue weighted by Crippen LogP contribution is -2.26. The first-order valence-corrected chi connectivity index (χ1v) is 13.0. The number of amides is 3. The molecule has 13 nitrogen and oxygen atoms in total. The van der Waals surface area contributed by atoms with Gasteiger partial charge in [0, 0.05) is 43.6 Å². The first-order chi connectivity index (χ1) is 19.7. The summed E-state index contributed by atoms with van der Waals surface area (Å²) in [4.78, 5) is 46.7. The molecule has 0 fully saturated rings. The van der Waals surface area contributed by atoms with Gasteiger partial charge in [-0.3, -0.25) is 29.7 Å². The minimum absolute atomic E-state index is 0.0963. The van der Waals surface area contributed by atoms with E-state index in [1.54, 1.807) is 18.2 Å². The van der Waals surface area contributed by atoms with Crippen molar-refractivity contribution in [3.05, 3.63) is 57.6 Å². The third-order valence-corrected chi connectivity index (χ3v) is 6.03. The van der Waals surface area contributed by atoms with E-state index in [2.05, 4.69) is 10.6 Å². The van der Waals surface area contributed by atoms with Gasteiger partial charge in [-0.1, -0.05) is 6.42 Å². The molecule has 13 heteroatoms. The molecular formula is C28H36N4O9. The van der Waals surface area contributed by atoms with Crippen molar-refractivity contribution < 1.29 is 38.7 Å². The molecule has 0 atom stereocenters. The van der Waals surface area contributed by atoms with Crippen molar-refractivity contribution in [3.8, 4) is 17.2 Å². The average Bonchev–Trinajstić information content (AvgIpc) is 2.98. The minimum atomic E-state index is -0.511. The molecule has 0 spiro atoms. The predicted octanol–water partition coefficient (Wildman–Crippen LogP) is 3.24. The van der Waals surface area contributed by atoms with Crippen LogP contribution in [0.25, 0.3) is 11.6 Å². The molecule has 2 aromatic carbocycles. The van der Waals surface area contributed by atoms with Gasteiger partial charge < -0.3 is 24.8 Å². The Balaban J connectivity index is 2.04. The van der Waals surface area contributed by atoms with Gasteiger partial charge in [0.25, 0.3) is 11.6 Å². The molecule has 0 unspecified atom stereocenters. The standard InChI is InChI=1S/C28H36N4O9/c1-39-23-17-19(18-24(40-2)27(23)41-3)16-22(20-10-12-21(13-11-20)32(37)38)28(35)30-14-6-4-5-8-25(33)29-15-7-9-26(34)31-36/h10-13,16-18,36H,4-9,14-15H2,1-3H3,(H,29,33)(H,30,35)(H,31,34)/b22-16+. The second-order valence-corrected chi connectivity index (χ2v) is 8.88. The smallest absolute Gasteiger partial charge is 0.269 e. The number of carbonyl (C=O) groups excluding carboxylic acids is 3. The topological polar surface area (TPSA) is 178 Å². The highest BCUT2D eigenvalue weighted by atomic mass is 16.6. The summed E-state index contributed by atoms with van der Waals surface area (Å²) in [6.45, 7) is 0.697. The number of nitrogens with one attached hydrogen (secondary N) is 3. The van der Waals surface area contributed by atoms with Crippen molar-refractivity contribution >= 4 is 35.1 Å². The molecule has 0 radical (unpaired) electrons. The molecule has 0 saturated carbocycles. The lowest BCUT2D eigenvalue weighted by Gasteiger charge is -2.14. The molecule has 3 amide bonds. The maximum atomic E-state index is 13.2. The van der Waals surface area contributed by atoms with Crippen molar-refractivity contribution in [2.75, 3.05) is 34.4 Å². The molecule has 222 valence electrons. The van der Waals surface area contributed by atoms with E-state index in [1.807, 2.05) is 0 Å². The summed E-state index contributed by atoms with van der Waals surface area (Å²) in [7, 11) is 4.45. The normalized spacial score (nSPS) is 10.9. The Kier molecular flexibility index (Phi) is 13.6. The summed E-state index contributed by atoms with van der Waals surface area (Å²) < 4.78 is 16.2. The number of hydrogen-bond acceptors (Lipinski definition) is 9. The second kappa shape index (κ2) is 17.1. The van der Waals surface area contributed by atoms with Crippen molar-refractivity contribution in [2.24, 2.45) is 0 Å². The van der Waals surface area contributed by atoms with Gasteiger partial charge in [-0.25, -0.2) is 5.48 Å². The Bertz CT molecular complexity index is 1200. The number of nitro benzene ring substituents is 1. The Morgan fingerprint density at radius 3 is 2.02 bits per heavy atom. The molecule has 0 heterocycles. The first kappa shape index (κ1) is 32.6. The molecule has 0 saturated heterocycles. The third kappa shape index (κ3) is 10.4. The lowest BCUT2D eigenvalue weighted by atomic mass is 10.0. The maximum Gasteiger partial charge on any atom is 0.269 e. The van der Waals surface area contributed by atoms with Gasteiger partial charge in [-0.2, -0.15) is 0 Å². The van der Waals surface area contributed by atoms with E-state index in [0.29, 0.717) is 73.6 Å². The van der Waals surface area contributed by atoms with Gasteiger partial charge in [-0.15, -0.1) is 0 Å². The SMILES string of the molecule is COc1cc(/C=C(/C(=O)NCCCCCC(=O)NCCCC(=O)NO)c2ccc([N+](=O)[O-])cc2)cc(OC)c1OC. The third-order valence-electron chi connectivity index (χ3n) is 6.03.